The van der Waals surface area contributed by atoms with Crippen LogP contribution in [0.3, 0.4) is 0 Å². The lowest BCUT2D eigenvalue weighted by atomic mass is 10.2. The quantitative estimate of drug-likeness (QED) is 0.447. The smallest absolute Gasteiger partial charge is 0.260 e. The maximum Gasteiger partial charge on any atom is 0.260 e. The van der Waals surface area contributed by atoms with Gasteiger partial charge in [-0.1, -0.05) is 51.5 Å². The van der Waals surface area contributed by atoms with Crippen LogP contribution in [0.2, 0.25) is 0 Å². The van der Waals surface area contributed by atoms with Crippen molar-refractivity contribution >= 4 is 48.5 Å². The highest BCUT2D eigenvalue weighted by molar-refractivity contribution is 9.10. The van der Waals surface area contributed by atoms with Gasteiger partial charge in [0.15, 0.2) is 5.13 Å². The predicted molar refractivity (Wildman–Crippen MR) is 109 cm³/mol. The molecule has 6 heteroatoms. The second-order valence-electron chi connectivity index (χ2n) is 5.69. The van der Waals surface area contributed by atoms with Gasteiger partial charge in [0.2, 0.25) is 0 Å². The molecular weight excluding hydrogens is 410 g/mol. The Morgan fingerprint density at radius 2 is 1.88 bits per heavy atom. The molecule has 4 aromatic rings. The topological polar surface area (TPSA) is 46.1 Å². The third kappa shape index (κ3) is 3.52. The molecule has 0 unspecified atom stereocenters. The van der Waals surface area contributed by atoms with Crippen LogP contribution in [0.4, 0.5) is 5.13 Å². The van der Waals surface area contributed by atoms with Gasteiger partial charge in [-0.2, -0.15) is 0 Å². The summed E-state index contributed by atoms with van der Waals surface area (Å²) >= 11 is 4.94. The van der Waals surface area contributed by atoms with E-state index < -0.39 is 0 Å². The van der Waals surface area contributed by atoms with E-state index in [1.165, 1.54) is 11.3 Å². The highest BCUT2D eigenvalue weighted by Crippen LogP contribution is 2.30. The molecule has 2 aromatic heterocycles. The fourth-order valence-corrected chi connectivity index (χ4v) is 4.00. The summed E-state index contributed by atoms with van der Waals surface area (Å²) in [6.07, 6.45) is 1.73. The number of rotatable bonds is 4. The van der Waals surface area contributed by atoms with Crippen molar-refractivity contribution in [1.29, 1.82) is 0 Å². The molecule has 0 spiro atoms. The van der Waals surface area contributed by atoms with Crippen molar-refractivity contribution < 1.29 is 4.79 Å². The van der Waals surface area contributed by atoms with E-state index in [1.807, 2.05) is 66.7 Å². The fraction of sp³-hybridized carbons (Fsp3) is 0.0500. The van der Waals surface area contributed by atoms with Gasteiger partial charge in [-0.25, -0.2) is 4.98 Å². The molecule has 0 aliphatic heterocycles. The van der Waals surface area contributed by atoms with E-state index in [9.17, 15) is 4.79 Å². The maximum atomic E-state index is 13.2. The van der Waals surface area contributed by atoms with Crippen LogP contribution in [0.15, 0.2) is 77.4 Å². The molecule has 0 bridgehead atoms. The highest BCUT2D eigenvalue weighted by Gasteiger charge is 2.22. The third-order valence-corrected chi connectivity index (χ3v) is 5.43. The van der Waals surface area contributed by atoms with Crippen LogP contribution in [0.5, 0.6) is 0 Å². The monoisotopic (exact) mass is 423 g/mol. The first-order chi connectivity index (χ1) is 12.7. The zero-order chi connectivity index (χ0) is 17.9. The molecule has 128 valence electrons. The van der Waals surface area contributed by atoms with Gasteiger partial charge in [-0.05, 0) is 42.5 Å². The van der Waals surface area contributed by atoms with E-state index in [0.717, 1.165) is 20.4 Å². The number of carbonyl (C=O) groups is 1. The minimum atomic E-state index is -0.101. The van der Waals surface area contributed by atoms with Crippen molar-refractivity contribution in [2.24, 2.45) is 0 Å². The Kier molecular flexibility index (Phi) is 4.77. The summed E-state index contributed by atoms with van der Waals surface area (Å²) in [5.74, 6) is -0.101. The number of benzene rings is 2. The maximum absolute atomic E-state index is 13.2. The number of thiazole rings is 1. The number of pyridine rings is 1. The lowest BCUT2D eigenvalue weighted by molar-refractivity contribution is 0.0984. The molecular formula is C20H14BrN3OS. The van der Waals surface area contributed by atoms with Crippen molar-refractivity contribution in [3.8, 4) is 0 Å². The molecule has 2 heterocycles. The van der Waals surface area contributed by atoms with Gasteiger partial charge in [-0.15, -0.1) is 0 Å². The van der Waals surface area contributed by atoms with Gasteiger partial charge >= 0.3 is 0 Å². The second kappa shape index (κ2) is 7.35. The molecule has 2 aromatic carbocycles. The van der Waals surface area contributed by atoms with Crippen molar-refractivity contribution in [1.82, 2.24) is 9.97 Å². The van der Waals surface area contributed by atoms with E-state index in [1.54, 1.807) is 11.1 Å². The van der Waals surface area contributed by atoms with E-state index in [-0.39, 0.29) is 5.91 Å². The molecule has 0 atom stereocenters. The molecule has 26 heavy (non-hydrogen) atoms. The molecule has 0 saturated carbocycles. The normalized spacial score (nSPS) is 10.8. The summed E-state index contributed by atoms with van der Waals surface area (Å²) in [5.41, 5.74) is 2.31. The average Bonchev–Trinajstić information content (AvgIpc) is 3.10. The van der Waals surface area contributed by atoms with Gasteiger partial charge in [-0.3, -0.25) is 14.7 Å². The van der Waals surface area contributed by atoms with Gasteiger partial charge in [0.1, 0.15) is 0 Å². The Bertz CT molecular complexity index is 1030. The Morgan fingerprint density at radius 1 is 1.04 bits per heavy atom. The van der Waals surface area contributed by atoms with Gasteiger partial charge in [0, 0.05) is 16.2 Å². The van der Waals surface area contributed by atoms with Crippen LogP contribution in [-0.2, 0) is 6.54 Å². The van der Waals surface area contributed by atoms with Crippen LogP contribution in [0.25, 0.3) is 10.2 Å². The van der Waals surface area contributed by atoms with Gasteiger partial charge < -0.3 is 0 Å². The van der Waals surface area contributed by atoms with Crippen LogP contribution in [-0.4, -0.2) is 15.9 Å². The molecule has 0 fully saturated rings. The van der Waals surface area contributed by atoms with Crippen LogP contribution < -0.4 is 4.90 Å². The number of aromatic nitrogens is 2. The number of anilines is 1. The average molecular weight is 424 g/mol. The van der Waals surface area contributed by atoms with E-state index in [2.05, 4.69) is 25.9 Å². The van der Waals surface area contributed by atoms with Crippen molar-refractivity contribution in [2.45, 2.75) is 6.54 Å². The predicted octanol–water partition coefficient (Wildman–Crippen LogP) is 5.30. The number of hydrogen-bond acceptors (Lipinski definition) is 4. The Morgan fingerprint density at radius 3 is 2.65 bits per heavy atom. The number of fused-ring (bicyclic) bond motifs is 1. The summed E-state index contributed by atoms with van der Waals surface area (Å²) in [7, 11) is 0. The number of para-hydroxylation sites is 1. The van der Waals surface area contributed by atoms with Gasteiger partial charge in [0.25, 0.3) is 5.91 Å². The molecule has 4 rings (SSSR count). The Hall–Kier alpha value is -2.57. The number of hydrogen-bond donors (Lipinski definition) is 0. The number of halogens is 1. The molecule has 0 N–H and O–H groups in total. The Balaban J connectivity index is 1.77. The summed E-state index contributed by atoms with van der Waals surface area (Å²) < 4.78 is 1.92. The first kappa shape index (κ1) is 16.9. The number of nitrogens with zero attached hydrogens (tertiary/aromatic N) is 3. The Labute approximate surface area is 163 Å². The van der Waals surface area contributed by atoms with Crippen molar-refractivity contribution in [3.63, 3.8) is 0 Å². The molecule has 4 nitrogen and oxygen atoms in total. The van der Waals surface area contributed by atoms with E-state index in [0.29, 0.717) is 17.2 Å². The summed E-state index contributed by atoms with van der Waals surface area (Å²) in [4.78, 5) is 23.9. The third-order valence-electron chi connectivity index (χ3n) is 3.88. The van der Waals surface area contributed by atoms with Crippen LogP contribution in [0.1, 0.15) is 16.1 Å². The molecule has 0 aliphatic rings. The largest absolute Gasteiger partial charge is 0.278 e. The molecule has 1 amide bonds. The standard InChI is InChI=1S/C20H14BrN3OS/c21-15-7-5-6-14(12-15)19(25)24(13-16-8-3-4-11-22-16)20-23-17-9-1-2-10-18(17)26-20/h1-12H,13H2. The lowest BCUT2D eigenvalue weighted by Crippen LogP contribution is -2.30. The van der Waals surface area contributed by atoms with Crippen molar-refractivity contribution in [3.05, 3.63) is 88.7 Å². The van der Waals surface area contributed by atoms with Gasteiger partial charge in [0.05, 0.1) is 22.5 Å². The molecule has 0 radical (unpaired) electrons. The first-order valence-corrected chi connectivity index (χ1v) is 9.64. The minimum Gasteiger partial charge on any atom is -0.278 e. The van der Waals surface area contributed by atoms with E-state index in [4.69, 9.17) is 0 Å². The summed E-state index contributed by atoms with van der Waals surface area (Å²) in [6, 6.07) is 21.0. The zero-order valence-corrected chi connectivity index (χ0v) is 16.1. The molecule has 0 saturated heterocycles. The number of carbonyl (C=O) groups excluding carboxylic acids is 1. The zero-order valence-electron chi connectivity index (χ0n) is 13.7. The van der Waals surface area contributed by atoms with Crippen LogP contribution >= 0.6 is 27.3 Å². The SMILES string of the molecule is O=C(c1cccc(Br)c1)N(Cc1ccccn1)c1nc2ccccc2s1. The summed E-state index contributed by atoms with van der Waals surface area (Å²) in [6.45, 7) is 0.367. The minimum absolute atomic E-state index is 0.101. The lowest BCUT2D eigenvalue weighted by Gasteiger charge is -2.19. The highest BCUT2D eigenvalue weighted by atomic mass is 79.9. The van der Waals surface area contributed by atoms with Crippen LogP contribution in [0, 0.1) is 0 Å². The molecule has 0 aliphatic carbocycles. The first-order valence-electron chi connectivity index (χ1n) is 8.03. The summed E-state index contributed by atoms with van der Waals surface area (Å²) in [5, 5.41) is 0.668. The number of amides is 1. The van der Waals surface area contributed by atoms with E-state index >= 15 is 0 Å². The van der Waals surface area contributed by atoms with Crippen molar-refractivity contribution in [2.75, 3.05) is 4.90 Å². The fourth-order valence-electron chi connectivity index (χ4n) is 2.63. The second-order valence-corrected chi connectivity index (χ2v) is 7.61.